The molecular formula is C26H32F4N2O2. The van der Waals surface area contributed by atoms with Crippen LogP contribution in [0.3, 0.4) is 0 Å². The number of morpholine rings is 1. The zero-order valence-electron chi connectivity index (χ0n) is 19.4. The van der Waals surface area contributed by atoms with Crippen molar-refractivity contribution in [1.82, 2.24) is 9.80 Å². The minimum absolute atomic E-state index is 0.133. The molecule has 2 saturated heterocycles. The van der Waals surface area contributed by atoms with Gasteiger partial charge in [-0.25, -0.2) is 4.39 Å². The maximum Gasteiger partial charge on any atom is 0.416 e. The first-order valence-corrected chi connectivity index (χ1v) is 12.0. The molecule has 186 valence electrons. The third kappa shape index (κ3) is 6.36. The molecule has 2 heterocycles. The molecule has 0 spiro atoms. The molecule has 4 rings (SSSR count). The third-order valence-electron chi connectivity index (χ3n) is 6.66. The number of benzene rings is 2. The van der Waals surface area contributed by atoms with Crippen LogP contribution in [0.15, 0.2) is 48.5 Å². The van der Waals surface area contributed by atoms with E-state index in [1.165, 1.54) is 19.3 Å². The van der Waals surface area contributed by atoms with Crippen LogP contribution in [0.25, 0.3) is 0 Å². The summed E-state index contributed by atoms with van der Waals surface area (Å²) in [4.78, 5) is 4.81. The second kappa shape index (κ2) is 11.2. The molecule has 4 nitrogen and oxygen atoms in total. The lowest BCUT2D eigenvalue weighted by Crippen LogP contribution is -2.49. The van der Waals surface area contributed by atoms with Gasteiger partial charge in [-0.05, 0) is 62.2 Å². The van der Waals surface area contributed by atoms with Crippen LogP contribution in [0.2, 0.25) is 0 Å². The quantitative estimate of drug-likeness (QED) is 0.467. The van der Waals surface area contributed by atoms with Crippen LogP contribution in [0.1, 0.15) is 55.0 Å². The molecule has 0 bridgehead atoms. The molecule has 0 aromatic heterocycles. The number of ether oxygens (including phenoxy) is 2. The van der Waals surface area contributed by atoms with E-state index in [0.717, 1.165) is 50.4 Å². The minimum atomic E-state index is -4.63. The van der Waals surface area contributed by atoms with Gasteiger partial charge in [-0.15, -0.1) is 0 Å². The molecular weight excluding hydrogens is 448 g/mol. The highest BCUT2D eigenvalue weighted by molar-refractivity contribution is 5.28. The second-order valence-electron chi connectivity index (χ2n) is 9.08. The maximum atomic E-state index is 14.0. The molecule has 2 aromatic carbocycles. The van der Waals surface area contributed by atoms with Gasteiger partial charge in [0.2, 0.25) is 0 Å². The van der Waals surface area contributed by atoms with Crippen molar-refractivity contribution in [1.29, 1.82) is 0 Å². The van der Waals surface area contributed by atoms with Crippen LogP contribution in [0.5, 0.6) is 0 Å². The summed E-state index contributed by atoms with van der Waals surface area (Å²) in [6.45, 7) is 6.83. The molecule has 2 fully saturated rings. The molecule has 2 unspecified atom stereocenters. The second-order valence-corrected chi connectivity index (χ2v) is 9.08. The Balaban J connectivity index is 1.52. The summed E-state index contributed by atoms with van der Waals surface area (Å²) in [5.74, 6) is -0.937. The van der Waals surface area contributed by atoms with Crippen LogP contribution in [-0.2, 0) is 15.7 Å². The average Bonchev–Trinajstić information content (AvgIpc) is 2.83. The zero-order chi connectivity index (χ0) is 24.1. The van der Waals surface area contributed by atoms with E-state index in [2.05, 4.69) is 9.80 Å². The summed E-state index contributed by atoms with van der Waals surface area (Å²) in [6.07, 6.45) is -2.37. The predicted molar refractivity (Wildman–Crippen MR) is 122 cm³/mol. The van der Waals surface area contributed by atoms with Crippen LogP contribution in [0.4, 0.5) is 17.6 Å². The van der Waals surface area contributed by atoms with E-state index in [-0.39, 0.29) is 11.6 Å². The minimum Gasteiger partial charge on any atom is -0.349 e. The van der Waals surface area contributed by atoms with Gasteiger partial charge < -0.3 is 14.4 Å². The van der Waals surface area contributed by atoms with E-state index in [0.29, 0.717) is 12.7 Å². The van der Waals surface area contributed by atoms with E-state index in [1.807, 2.05) is 30.3 Å². The van der Waals surface area contributed by atoms with Crippen molar-refractivity contribution in [3.05, 3.63) is 71.0 Å². The lowest BCUT2D eigenvalue weighted by atomic mass is 10.0. The standard InChI is InChI=1S/C26H32F4N2O2/c1-19(21-16-22(26(28,29)30)18-23(27)17-21)34-25-24(20-8-4-2-5-9-20)32(14-15-33-25)13-12-31-10-6-3-7-11-31/h2,4-5,8-9,16-19,24-25H,3,6-7,10-15H2,1H3/t19-,24?,25?/m1/s1. The highest BCUT2D eigenvalue weighted by atomic mass is 19.4. The maximum absolute atomic E-state index is 14.0. The Morgan fingerprint density at radius 1 is 1.00 bits per heavy atom. The van der Waals surface area contributed by atoms with Gasteiger partial charge in [-0.1, -0.05) is 36.8 Å². The number of halogens is 4. The predicted octanol–water partition coefficient (Wildman–Crippen LogP) is 5.81. The summed E-state index contributed by atoms with van der Waals surface area (Å²) >= 11 is 0. The largest absolute Gasteiger partial charge is 0.416 e. The lowest BCUT2D eigenvalue weighted by Gasteiger charge is -2.43. The molecule has 3 atom stereocenters. The van der Waals surface area contributed by atoms with E-state index in [1.54, 1.807) is 6.92 Å². The summed E-state index contributed by atoms with van der Waals surface area (Å²) in [7, 11) is 0. The molecule has 2 aliphatic heterocycles. The van der Waals surface area contributed by atoms with Crippen molar-refractivity contribution in [2.24, 2.45) is 0 Å². The summed E-state index contributed by atoms with van der Waals surface area (Å²) in [6, 6.07) is 12.2. The Bertz CT molecular complexity index is 919. The molecule has 2 aromatic rings. The lowest BCUT2D eigenvalue weighted by molar-refractivity contribution is -0.230. The Morgan fingerprint density at radius 2 is 1.74 bits per heavy atom. The van der Waals surface area contributed by atoms with E-state index < -0.39 is 30.0 Å². The van der Waals surface area contributed by atoms with Crippen molar-refractivity contribution in [2.45, 2.75) is 50.8 Å². The topological polar surface area (TPSA) is 24.9 Å². The van der Waals surface area contributed by atoms with Gasteiger partial charge in [-0.3, -0.25) is 4.90 Å². The number of rotatable bonds is 7. The van der Waals surface area contributed by atoms with Gasteiger partial charge in [0.25, 0.3) is 0 Å². The van der Waals surface area contributed by atoms with Gasteiger partial charge >= 0.3 is 6.18 Å². The molecule has 0 saturated carbocycles. The zero-order valence-corrected chi connectivity index (χ0v) is 19.4. The number of nitrogens with zero attached hydrogens (tertiary/aromatic N) is 2. The van der Waals surface area contributed by atoms with Crippen LogP contribution in [-0.4, -0.2) is 55.4 Å². The molecule has 0 N–H and O–H groups in total. The number of hydrogen-bond acceptors (Lipinski definition) is 4. The smallest absolute Gasteiger partial charge is 0.349 e. The van der Waals surface area contributed by atoms with E-state index in [9.17, 15) is 17.6 Å². The van der Waals surface area contributed by atoms with Crippen LogP contribution >= 0.6 is 0 Å². The van der Waals surface area contributed by atoms with E-state index >= 15 is 0 Å². The Kier molecular flexibility index (Phi) is 8.24. The Hall–Kier alpha value is -2.00. The molecule has 0 radical (unpaired) electrons. The first-order valence-electron chi connectivity index (χ1n) is 12.0. The van der Waals surface area contributed by atoms with Crippen molar-refractivity contribution in [2.75, 3.05) is 39.3 Å². The summed E-state index contributed by atoms with van der Waals surface area (Å²) in [5, 5.41) is 0. The molecule has 0 aliphatic carbocycles. The normalized spacial score (nSPS) is 23.7. The van der Waals surface area contributed by atoms with Gasteiger partial charge in [0.15, 0.2) is 6.29 Å². The summed E-state index contributed by atoms with van der Waals surface area (Å²) in [5.41, 5.74) is 0.131. The van der Waals surface area contributed by atoms with Crippen LogP contribution in [0, 0.1) is 5.82 Å². The molecule has 2 aliphatic rings. The highest BCUT2D eigenvalue weighted by Crippen LogP contribution is 2.36. The van der Waals surface area contributed by atoms with Crippen molar-refractivity contribution in [3.63, 3.8) is 0 Å². The van der Waals surface area contributed by atoms with Gasteiger partial charge in [0.1, 0.15) is 5.82 Å². The number of alkyl halides is 3. The van der Waals surface area contributed by atoms with Gasteiger partial charge in [0, 0.05) is 19.6 Å². The first-order chi connectivity index (χ1) is 16.3. The Labute approximate surface area is 198 Å². The number of piperidine rings is 1. The van der Waals surface area contributed by atoms with E-state index in [4.69, 9.17) is 9.47 Å². The van der Waals surface area contributed by atoms with Gasteiger partial charge in [-0.2, -0.15) is 13.2 Å². The molecule has 0 amide bonds. The monoisotopic (exact) mass is 480 g/mol. The van der Waals surface area contributed by atoms with Crippen molar-refractivity contribution >= 4 is 0 Å². The van der Waals surface area contributed by atoms with Gasteiger partial charge in [0.05, 0.1) is 24.3 Å². The SMILES string of the molecule is C[C@@H](OC1OCCN(CCN2CCCCC2)C1c1ccccc1)c1cc(F)cc(C(F)(F)F)c1. The van der Waals surface area contributed by atoms with Crippen molar-refractivity contribution in [3.8, 4) is 0 Å². The fourth-order valence-corrected chi connectivity index (χ4v) is 4.81. The average molecular weight is 481 g/mol. The first kappa shape index (κ1) is 25.1. The highest BCUT2D eigenvalue weighted by Gasteiger charge is 2.36. The Morgan fingerprint density at radius 3 is 2.44 bits per heavy atom. The third-order valence-corrected chi connectivity index (χ3v) is 6.66. The number of likely N-dealkylation sites (tertiary alicyclic amines) is 1. The fraction of sp³-hybridized carbons (Fsp3) is 0.538. The molecule has 34 heavy (non-hydrogen) atoms. The number of hydrogen-bond donors (Lipinski definition) is 0. The van der Waals surface area contributed by atoms with Crippen molar-refractivity contribution < 1.29 is 27.0 Å². The molecule has 8 heteroatoms. The summed E-state index contributed by atoms with van der Waals surface area (Å²) < 4.78 is 65.7. The fourth-order valence-electron chi connectivity index (χ4n) is 4.81. The van der Waals surface area contributed by atoms with Crippen LogP contribution < -0.4 is 0 Å².